The molecule has 0 fully saturated rings. The monoisotopic (exact) mass is 408 g/mol. The molecule has 5 heteroatoms. The second-order valence-electron chi connectivity index (χ2n) is 7.34. The molecule has 0 spiro atoms. The van der Waals surface area contributed by atoms with E-state index >= 15 is 0 Å². The predicted molar refractivity (Wildman–Crippen MR) is 124 cm³/mol. The van der Waals surface area contributed by atoms with Crippen molar-refractivity contribution < 1.29 is 0 Å². The van der Waals surface area contributed by atoms with Gasteiger partial charge in [-0.25, -0.2) is 4.52 Å². The van der Waals surface area contributed by atoms with E-state index in [1.54, 1.807) is 6.20 Å². The van der Waals surface area contributed by atoms with Gasteiger partial charge < -0.3 is 0 Å². The van der Waals surface area contributed by atoms with E-state index in [4.69, 9.17) is 0 Å². The third-order valence-electron chi connectivity index (χ3n) is 5.14. The fourth-order valence-electron chi connectivity index (χ4n) is 3.56. The van der Waals surface area contributed by atoms with Crippen molar-refractivity contribution in [2.75, 3.05) is 0 Å². The van der Waals surface area contributed by atoms with Crippen LogP contribution in [0.15, 0.2) is 91.1 Å². The van der Waals surface area contributed by atoms with Crippen molar-refractivity contribution in [3.63, 3.8) is 0 Å². The Kier molecular flexibility index (Phi) is 4.86. The van der Waals surface area contributed by atoms with E-state index in [0.717, 1.165) is 22.3 Å². The second kappa shape index (κ2) is 7.81. The average Bonchev–Trinajstić information content (AvgIpc) is 3.22. The van der Waals surface area contributed by atoms with Gasteiger partial charge in [0, 0.05) is 14.1 Å². The molecule has 0 saturated heterocycles. The lowest BCUT2D eigenvalue weighted by atomic mass is 10.2. The summed E-state index contributed by atoms with van der Waals surface area (Å²) in [6, 6.07) is 29.8. The number of fused-ring (bicyclic) bond motifs is 1. The zero-order valence-corrected chi connectivity index (χ0v) is 17.8. The summed E-state index contributed by atoms with van der Waals surface area (Å²) in [6.45, 7) is 4.24. The first-order valence-electron chi connectivity index (χ1n) is 9.90. The van der Waals surface area contributed by atoms with Gasteiger partial charge in [-0.1, -0.05) is 77.0 Å². The van der Waals surface area contributed by atoms with Crippen LogP contribution in [-0.2, 0) is 0 Å². The SMILES string of the molecule is Cc1ccc(P(c2ccc(C)cc2)c2cccc3c(-c4ccccn4)nnn23)cc1. The summed E-state index contributed by atoms with van der Waals surface area (Å²) < 4.78 is 1.98. The van der Waals surface area contributed by atoms with E-state index in [1.165, 1.54) is 21.7 Å². The Balaban J connectivity index is 1.72. The van der Waals surface area contributed by atoms with Crippen molar-refractivity contribution in [1.29, 1.82) is 0 Å². The molecule has 0 radical (unpaired) electrons. The first kappa shape index (κ1) is 18.7. The Hall–Kier alpha value is -3.36. The van der Waals surface area contributed by atoms with Crippen molar-refractivity contribution in [2.24, 2.45) is 0 Å². The summed E-state index contributed by atoms with van der Waals surface area (Å²) in [5.74, 6) is 0. The molecule has 146 valence electrons. The maximum Gasteiger partial charge on any atom is 0.139 e. The van der Waals surface area contributed by atoms with Crippen molar-refractivity contribution in [1.82, 2.24) is 19.8 Å². The van der Waals surface area contributed by atoms with Crippen LogP contribution in [0.4, 0.5) is 0 Å². The summed E-state index contributed by atoms with van der Waals surface area (Å²) in [5, 5.41) is 11.6. The average molecular weight is 408 g/mol. The van der Waals surface area contributed by atoms with Crippen LogP contribution in [0.2, 0.25) is 0 Å². The van der Waals surface area contributed by atoms with Gasteiger partial charge in [0.15, 0.2) is 0 Å². The lowest BCUT2D eigenvalue weighted by Crippen LogP contribution is -2.26. The molecule has 0 bridgehead atoms. The van der Waals surface area contributed by atoms with Crippen LogP contribution >= 0.6 is 7.92 Å². The first-order chi connectivity index (χ1) is 14.7. The molecular formula is C25H21N4P. The summed E-state index contributed by atoms with van der Waals surface area (Å²) in [6.07, 6.45) is 1.79. The molecule has 0 N–H and O–H groups in total. The summed E-state index contributed by atoms with van der Waals surface area (Å²) in [7, 11) is -0.786. The smallest absolute Gasteiger partial charge is 0.139 e. The number of nitrogens with zero attached hydrogens (tertiary/aromatic N) is 4. The van der Waals surface area contributed by atoms with Crippen molar-refractivity contribution in [3.8, 4) is 11.4 Å². The van der Waals surface area contributed by atoms with Gasteiger partial charge in [-0.2, -0.15) is 0 Å². The van der Waals surface area contributed by atoms with Crippen molar-refractivity contribution in [2.45, 2.75) is 13.8 Å². The molecule has 0 aliphatic rings. The highest BCUT2D eigenvalue weighted by molar-refractivity contribution is 7.79. The largest absolute Gasteiger partial charge is 0.254 e. The molecule has 0 aliphatic carbocycles. The minimum absolute atomic E-state index is 0.786. The zero-order chi connectivity index (χ0) is 20.5. The predicted octanol–water partition coefficient (Wildman–Crippen LogP) is 4.17. The quantitative estimate of drug-likeness (QED) is 0.419. The molecule has 5 aromatic rings. The topological polar surface area (TPSA) is 43.1 Å². The Morgan fingerprint density at radius 1 is 0.700 bits per heavy atom. The number of rotatable bonds is 4. The van der Waals surface area contributed by atoms with E-state index in [-0.39, 0.29) is 0 Å². The maximum atomic E-state index is 4.54. The van der Waals surface area contributed by atoms with Crippen LogP contribution < -0.4 is 16.0 Å². The highest BCUT2D eigenvalue weighted by Gasteiger charge is 2.21. The molecule has 4 nitrogen and oxygen atoms in total. The standard InChI is InChI=1S/C25H21N4P/c1-18-9-13-20(14-10-18)30(21-15-11-19(2)12-16-21)24-8-5-7-23-25(27-28-29(23)24)22-6-3-4-17-26-22/h3-17H,1-2H3. The van der Waals surface area contributed by atoms with Crippen LogP contribution in [0.1, 0.15) is 11.1 Å². The normalized spacial score (nSPS) is 11.3. The number of pyridine rings is 2. The summed E-state index contributed by atoms with van der Waals surface area (Å²) >= 11 is 0. The second-order valence-corrected chi connectivity index (χ2v) is 9.50. The molecule has 0 unspecified atom stereocenters. The highest BCUT2D eigenvalue weighted by atomic mass is 31.1. The Bertz CT molecular complexity index is 1250. The fourth-order valence-corrected chi connectivity index (χ4v) is 5.85. The molecule has 30 heavy (non-hydrogen) atoms. The number of benzene rings is 2. The molecule has 0 amide bonds. The lowest BCUT2D eigenvalue weighted by molar-refractivity contribution is 0.876. The Morgan fingerprint density at radius 2 is 1.37 bits per heavy atom. The van der Waals surface area contributed by atoms with Gasteiger partial charge >= 0.3 is 0 Å². The minimum Gasteiger partial charge on any atom is -0.254 e. The molecule has 3 heterocycles. The number of aryl methyl sites for hydroxylation is 2. The summed E-state index contributed by atoms with van der Waals surface area (Å²) in [4.78, 5) is 4.47. The first-order valence-corrected chi connectivity index (χ1v) is 11.2. The lowest BCUT2D eigenvalue weighted by Gasteiger charge is -2.20. The fraction of sp³-hybridized carbons (Fsp3) is 0.0800. The van der Waals surface area contributed by atoms with E-state index in [1.807, 2.05) is 22.7 Å². The Labute approximate surface area is 177 Å². The molecule has 3 aromatic heterocycles. The van der Waals surface area contributed by atoms with Gasteiger partial charge in [0.05, 0.1) is 16.6 Å². The molecule has 0 saturated carbocycles. The Morgan fingerprint density at radius 3 is 1.97 bits per heavy atom. The van der Waals surface area contributed by atoms with Gasteiger partial charge in [-0.15, -0.1) is 5.10 Å². The van der Waals surface area contributed by atoms with E-state index in [9.17, 15) is 0 Å². The maximum absolute atomic E-state index is 4.54. The van der Waals surface area contributed by atoms with E-state index in [0.29, 0.717) is 0 Å². The van der Waals surface area contributed by atoms with Crippen molar-refractivity contribution in [3.05, 3.63) is 102 Å². The molecule has 5 rings (SSSR count). The molecular weight excluding hydrogens is 387 g/mol. The van der Waals surface area contributed by atoms with Crippen LogP contribution in [0.25, 0.3) is 16.9 Å². The van der Waals surface area contributed by atoms with E-state index < -0.39 is 7.92 Å². The van der Waals surface area contributed by atoms with E-state index in [2.05, 4.69) is 95.9 Å². The zero-order valence-electron chi connectivity index (χ0n) is 16.9. The molecule has 0 aliphatic heterocycles. The van der Waals surface area contributed by atoms with Gasteiger partial charge in [-0.05, 0) is 48.7 Å². The highest BCUT2D eigenvalue weighted by Crippen LogP contribution is 2.33. The number of hydrogen-bond acceptors (Lipinski definition) is 3. The third-order valence-corrected chi connectivity index (χ3v) is 7.57. The molecule has 2 aromatic carbocycles. The van der Waals surface area contributed by atoms with Gasteiger partial charge in [0.1, 0.15) is 5.69 Å². The van der Waals surface area contributed by atoms with Gasteiger partial charge in [0.25, 0.3) is 0 Å². The van der Waals surface area contributed by atoms with Crippen molar-refractivity contribution >= 4 is 29.5 Å². The number of hydrogen-bond donors (Lipinski definition) is 0. The van der Waals surface area contributed by atoms with Crippen LogP contribution in [-0.4, -0.2) is 19.8 Å². The number of aromatic nitrogens is 4. The molecule has 0 atom stereocenters. The van der Waals surface area contributed by atoms with Gasteiger partial charge in [-0.3, -0.25) is 4.98 Å². The van der Waals surface area contributed by atoms with Crippen LogP contribution in [0.5, 0.6) is 0 Å². The van der Waals surface area contributed by atoms with Gasteiger partial charge in [0.2, 0.25) is 0 Å². The third kappa shape index (κ3) is 3.40. The van der Waals surface area contributed by atoms with Crippen LogP contribution in [0, 0.1) is 13.8 Å². The summed E-state index contributed by atoms with van der Waals surface area (Å²) in [5.41, 5.74) is 6.27. The van der Waals surface area contributed by atoms with Crippen LogP contribution in [0.3, 0.4) is 0 Å². The minimum atomic E-state index is -0.786.